The number of nitrogens with zero attached hydrogens (tertiary/aromatic N) is 2. The van der Waals surface area contributed by atoms with Crippen LogP contribution in [0.3, 0.4) is 0 Å². The van der Waals surface area contributed by atoms with Gasteiger partial charge >= 0.3 is 0 Å². The monoisotopic (exact) mass is 257 g/mol. The van der Waals surface area contributed by atoms with Crippen LogP contribution in [0.5, 0.6) is 0 Å². The van der Waals surface area contributed by atoms with Crippen molar-refractivity contribution in [1.29, 1.82) is 0 Å². The normalized spacial score (nSPS) is 11.6. The van der Waals surface area contributed by atoms with Crippen molar-refractivity contribution in [3.63, 3.8) is 0 Å². The summed E-state index contributed by atoms with van der Waals surface area (Å²) in [5.74, 6) is 0.183. The summed E-state index contributed by atoms with van der Waals surface area (Å²) >= 11 is 0. The van der Waals surface area contributed by atoms with Gasteiger partial charge in [0.25, 0.3) is 0 Å². The van der Waals surface area contributed by atoms with Crippen molar-refractivity contribution in [3.8, 4) is 0 Å². The van der Waals surface area contributed by atoms with E-state index in [9.17, 15) is 4.79 Å². The zero-order chi connectivity index (χ0) is 13.8. The molecule has 106 valence electrons. The van der Waals surface area contributed by atoms with Crippen molar-refractivity contribution >= 4 is 11.7 Å². The maximum Gasteiger partial charge on any atom is 0.222 e. The number of rotatable bonds is 10. The molecule has 0 rings (SSSR count). The highest BCUT2D eigenvalue weighted by atomic mass is 16.4. The maximum atomic E-state index is 12.0. The Balaban J connectivity index is 3.98. The quantitative estimate of drug-likeness (QED) is 0.207. The fraction of sp³-hybridized carbons (Fsp3) is 0.846. The minimum Gasteiger partial charge on any atom is -0.409 e. The van der Waals surface area contributed by atoms with Gasteiger partial charge in [-0.15, -0.1) is 0 Å². The van der Waals surface area contributed by atoms with Crippen LogP contribution in [-0.4, -0.2) is 34.9 Å². The minimum absolute atomic E-state index is 0.0859. The smallest absolute Gasteiger partial charge is 0.222 e. The molecular formula is C13H27N3O2. The number of amides is 1. The first-order valence-corrected chi connectivity index (χ1v) is 6.89. The molecule has 0 saturated heterocycles. The van der Waals surface area contributed by atoms with E-state index in [1.54, 1.807) is 4.90 Å². The fourth-order valence-electron chi connectivity index (χ4n) is 1.83. The van der Waals surface area contributed by atoms with Crippen molar-refractivity contribution in [2.45, 2.75) is 58.8 Å². The van der Waals surface area contributed by atoms with Crippen LogP contribution in [0.1, 0.15) is 58.8 Å². The molecule has 1 amide bonds. The van der Waals surface area contributed by atoms with Crippen LogP contribution in [0.25, 0.3) is 0 Å². The van der Waals surface area contributed by atoms with Crippen molar-refractivity contribution < 1.29 is 10.0 Å². The third-order valence-corrected chi connectivity index (χ3v) is 2.82. The summed E-state index contributed by atoms with van der Waals surface area (Å²) in [6, 6.07) is 0. The standard InChI is InChI=1S/C13H27N3O2/c1-3-5-6-7-8-9-13(17)16(10-4-2)11-12(14)15-18/h18H,3-11H2,1-2H3,(H2,14,15). The van der Waals surface area contributed by atoms with Crippen LogP contribution in [-0.2, 0) is 4.79 Å². The lowest BCUT2D eigenvalue weighted by Crippen LogP contribution is -2.39. The van der Waals surface area contributed by atoms with E-state index in [-0.39, 0.29) is 18.3 Å². The van der Waals surface area contributed by atoms with Crippen molar-refractivity contribution in [1.82, 2.24) is 4.90 Å². The first-order chi connectivity index (χ1) is 8.65. The molecule has 0 fully saturated rings. The van der Waals surface area contributed by atoms with Crippen LogP contribution in [0, 0.1) is 0 Å². The first kappa shape index (κ1) is 16.7. The molecule has 0 unspecified atom stereocenters. The second-order valence-electron chi connectivity index (χ2n) is 4.57. The molecular weight excluding hydrogens is 230 g/mol. The van der Waals surface area contributed by atoms with Crippen LogP contribution < -0.4 is 5.73 Å². The summed E-state index contributed by atoms with van der Waals surface area (Å²) in [5.41, 5.74) is 5.44. The summed E-state index contributed by atoms with van der Waals surface area (Å²) in [4.78, 5) is 13.6. The SMILES string of the molecule is CCCCCCCC(=O)N(CCC)CC(N)=NO. The Morgan fingerprint density at radius 2 is 1.83 bits per heavy atom. The van der Waals surface area contributed by atoms with Crippen LogP contribution in [0.15, 0.2) is 5.16 Å². The molecule has 0 aliphatic carbocycles. The van der Waals surface area contributed by atoms with Gasteiger partial charge in [-0.1, -0.05) is 44.7 Å². The highest BCUT2D eigenvalue weighted by Gasteiger charge is 2.13. The predicted octanol–water partition coefficient (Wildman–Crippen LogP) is 2.33. The number of oxime groups is 1. The van der Waals surface area contributed by atoms with E-state index in [1.165, 1.54) is 19.3 Å². The third kappa shape index (κ3) is 7.92. The number of hydrogen-bond donors (Lipinski definition) is 2. The first-order valence-electron chi connectivity index (χ1n) is 6.89. The van der Waals surface area contributed by atoms with Gasteiger partial charge in [-0.05, 0) is 12.8 Å². The van der Waals surface area contributed by atoms with Gasteiger partial charge in [0.1, 0.15) is 0 Å². The highest BCUT2D eigenvalue weighted by Crippen LogP contribution is 2.07. The molecule has 0 spiro atoms. The molecule has 3 N–H and O–H groups in total. The lowest BCUT2D eigenvalue weighted by atomic mass is 10.1. The lowest BCUT2D eigenvalue weighted by Gasteiger charge is -2.21. The molecule has 0 aromatic carbocycles. The number of unbranched alkanes of at least 4 members (excludes halogenated alkanes) is 4. The second-order valence-corrected chi connectivity index (χ2v) is 4.57. The Hall–Kier alpha value is -1.26. The molecule has 0 aliphatic heterocycles. The van der Waals surface area contributed by atoms with E-state index in [1.807, 2.05) is 6.92 Å². The van der Waals surface area contributed by atoms with Gasteiger partial charge in [-0.2, -0.15) is 0 Å². The predicted molar refractivity (Wildman–Crippen MR) is 73.7 cm³/mol. The number of carbonyl (C=O) groups is 1. The molecule has 0 aromatic heterocycles. The molecule has 0 aromatic rings. The van der Waals surface area contributed by atoms with Crippen molar-refractivity contribution in [3.05, 3.63) is 0 Å². The fourth-order valence-corrected chi connectivity index (χ4v) is 1.83. The summed E-state index contributed by atoms with van der Waals surface area (Å²) < 4.78 is 0. The Morgan fingerprint density at radius 1 is 1.17 bits per heavy atom. The molecule has 0 saturated carbocycles. The number of amidine groups is 1. The zero-order valence-corrected chi connectivity index (χ0v) is 11.7. The van der Waals surface area contributed by atoms with Gasteiger partial charge in [0.2, 0.25) is 5.91 Å². The van der Waals surface area contributed by atoms with E-state index in [4.69, 9.17) is 10.9 Å². The Morgan fingerprint density at radius 3 is 2.39 bits per heavy atom. The molecule has 0 atom stereocenters. The van der Waals surface area contributed by atoms with E-state index in [0.29, 0.717) is 13.0 Å². The number of nitrogens with two attached hydrogens (primary N) is 1. The number of carbonyl (C=O) groups excluding carboxylic acids is 1. The minimum atomic E-state index is 0.0859. The van der Waals surface area contributed by atoms with E-state index < -0.39 is 0 Å². The van der Waals surface area contributed by atoms with Crippen LogP contribution in [0.2, 0.25) is 0 Å². The zero-order valence-electron chi connectivity index (χ0n) is 11.7. The largest absolute Gasteiger partial charge is 0.409 e. The van der Waals surface area contributed by atoms with E-state index in [0.717, 1.165) is 19.3 Å². The molecule has 18 heavy (non-hydrogen) atoms. The average molecular weight is 257 g/mol. The third-order valence-electron chi connectivity index (χ3n) is 2.82. The summed E-state index contributed by atoms with van der Waals surface area (Å²) in [7, 11) is 0. The van der Waals surface area contributed by atoms with Crippen LogP contribution in [0.4, 0.5) is 0 Å². The Labute approximate surface area is 110 Å². The summed E-state index contributed by atoms with van der Waals surface area (Å²) in [6.45, 7) is 5.06. The Bertz CT molecular complexity index is 255. The molecule has 0 heterocycles. The molecule has 5 nitrogen and oxygen atoms in total. The average Bonchev–Trinajstić information content (AvgIpc) is 2.37. The van der Waals surface area contributed by atoms with Gasteiger partial charge in [-0.3, -0.25) is 4.79 Å². The van der Waals surface area contributed by atoms with Gasteiger partial charge in [0, 0.05) is 13.0 Å². The second kappa shape index (κ2) is 10.9. The topological polar surface area (TPSA) is 78.9 Å². The summed E-state index contributed by atoms with van der Waals surface area (Å²) in [5, 5.41) is 11.4. The summed E-state index contributed by atoms with van der Waals surface area (Å²) in [6.07, 6.45) is 7.09. The van der Waals surface area contributed by atoms with Gasteiger partial charge < -0.3 is 15.8 Å². The molecule has 0 aliphatic rings. The van der Waals surface area contributed by atoms with Gasteiger partial charge in [-0.25, -0.2) is 0 Å². The van der Waals surface area contributed by atoms with E-state index in [2.05, 4.69) is 12.1 Å². The molecule has 0 radical (unpaired) electrons. The van der Waals surface area contributed by atoms with Crippen LogP contribution >= 0.6 is 0 Å². The Kier molecular flexibility index (Phi) is 10.1. The van der Waals surface area contributed by atoms with Gasteiger partial charge in [0.05, 0.1) is 6.54 Å². The lowest BCUT2D eigenvalue weighted by molar-refractivity contribution is -0.130. The van der Waals surface area contributed by atoms with E-state index >= 15 is 0 Å². The molecule has 5 heteroatoms. The van der Waals surface area contributed by atoms with Crippen molar-refractivity contribution in [2.75, 3.05) is 13.1 Å². The maximum absolute atomic E-state index is 12.0. The van der Waals surface area contributed by atoms with Crippen molar-refractivity contribution in [2.24, 2.45) is 10.9 Å². The van der Waals surface area contributed by atoms with Gasteiger partial charge in [0.15, 0.2) is 5.84 Å². The highest BCUT2D eigenvalue weighted by molar-refractivity contribution is 5.86. The number of hydrogen-bond acceptors (Lipinski definition) is 3. The molecule has 0 bridgehead atoms.